The van der Waals surface area contributed by atoms with Crippen LogP contribution in [0.25, 0.3) is 0 Å². The van der Waals surface area contributed by atoms with E-state index in [2.05, 4.69) is 21.3 Å². The average Bonchev–Trinajstić information content (AvgIpc) is 1.81. The molecule has 0 aromatic rings. The molecule has 0 saturated carbocycles. The van der Waals surface area contributed by atoms with Gasteiger partial charge in [-0.2, -0.15) is 0 Å². The molecule has 0 aliphatic carbocycles. The number of carbonyl (C=O) groups is 2. The fourth-order valence-electron chi connectivity index (χ4n) is 0.420. The van der Waals surface area contributed by atoms with Gasteiger partial charge in [0.15, 0.2) is 0 Å². The SMILES string of the molecule is CC(=O)N[C@@H](C[Se])C(=O)O. The molecule has 0 aliphatic heterocycles. The van der Waals surface area contributed by atoms with Crippen molar-refractivity contribution < 1.29 is 14.7 Å². The topological polar surface area (TPSA) is 66.4 Å². The molecule has 1 atom stereocenters. The molecule has 4 nitrogen and oxygen atoms in total. The average molecular weight is 209 g/mol. The Balaban J connectivity index is 3.83. The predicted octanol–water partition coefficient (Wildman–Crippen LogP) is -0.838. The molecule has 5 heteroatoms. The van der Waals surface area contributed by atoms with E-state index < -0.39 is 12.0 Å². The quantitative estimate of drug-likeness (QED) is 0.596. The molecule has 0 saturated heterocycles. The summed E-state index contributed by atoms with van der Waals surface area (Å²) in [6, 6.07) is -0.794. The van der Waals surface area contributed by atoms with Gasteiger partial charge in [0.2, 0.25) is 0 Å². The summed E-state index contributed by atoms with van der Waals surface area (Å²) in [5.74, 6) is -1.35. The Morgan fingerprint density at radius 2 is 2.20 bits per heavy atom. The van der Waals surface area contributed by atoms with E-state index in [0.717, 1.165) is 0 Å². The summed E-state index contributed by atoms with van der Waals surface area (Å²) in [7, 11) is 0. The van der Waals surface area contributed by atoms with Crippen molar-refractivity contribution in [1.29, 1.82) is 0 Å². The normalized spacial score (nSPS) is 12.2. The Kier molecular flexibility index (Phi) is 4.07. The Morgan fingerprint density at radius 1 is 1.70 bits per heavy atom. The molecule has 0 spiro atoms. The third kappa shape index (κ3) is 3.48. The van der Waals surface area contributed by atoms with Gasteiger partial charge in [0.25, 0.3) is 0 Å². The van der Waals surface area contributed by atoms with Crippen molar-refractivity contribution in [2.24, 2.45) is 0 Å². The number of hydrogen-bond acceptors (Lipinski definition) is 2. The molecule has 0 aromatic heterocycles. The van der Waals surface area contributed by atoms with E-state index in [1.165, 1.54) is 6.92 Å². The molecular formula is C5H8NO3Se. The van der Waals surface area contributed by atoms with E-state index in [9.17, 15) is 9.59 Å². The molecule has 0 aromatic carbocycles. The van der Waals surface area contributed by atoms with Crippen LogP contribution in [0.5, 0.6) is 0 Å². The summed E-state index contributed by atoms with van der Waals surface area (Å²) in [4.78, 5) is 20.6. The Bertz CT molecular complexity index is 148. The van der Waals surface area contributed by atoms with Crippen LogP contribution in [0.1, 0.15) is 6.92 Å². The van der Waals surface area contributed by atoms with Gasteiger partial charge in [0.1, 0.15) is 0 Å². The summed E-state index contributed by atoms with van der Waals surface area (Å²) in [5.41, 5.74) is 0. The molecule has 0 unspecified atom stereocenters. The predicted molar refractivity (Wildman–Crippen MR) is 35.8 cm³/mol. The first-order chi connectivity index (χ1) is 4.57. The van der Waals surface area contributed by atoms with E-state index in [1.54, 1.807) is 0 Å². The standard InChI is InChI=1S/C5H8NO3Se/c1-3(7)6-4(2-10)5(8)9/h4H,2H2,1H3,(H,6,7)(H,8,9)/t4-/m0/s1. The van der Waals surface area contributed by atoms with Gasteiger partial charge in [-0.15, -0.1) is 0 Å². The Labute approximate surface area is 66.8 Å². The van der Waals surface area contributed by atoms with Gasteiger partial charge in [-0.05, 0) is 0 Å². The number of rotatable bonds is 3. The van der Waals surface area contributed by atoms with Crippen molar-refractivity contribution in [3.63, 3.8) is 0 Å². The Hall–Kier alpha value is -0.541. The molecule has 0 bridgehead atoms. The van der Waals surface area contributed by atoms with Crippen LogP contribution in [0.2, 0.25) is 5.32 Å². The fourth-order valence-corrected chi connectivity index (χ4v) is 0.894. The second-order valence-electron chi connectivity index (χ2n) is 1.76. The molecule has 0 rings (SSSR count). The molecule has 0 aliphatic rings. The molecule has 1 radical (unpaired) electrons. The van der Waals surface area contributed by atoms with Crippen molar-refractivity contribution in [3.8, 4) is 0 Å². The minimum absolute atomic E-state index is 0.287. The molecule has 57 valence electrons. The zero-order valence-electron chi connectivity index (χ0n) is 5.46. The maximum atomic E-state index is 10.3. The van der Waals surface area contributed by atoms with E-state index in [1.807, 2.05) is 0 Å². The first-order valence-corrected chi connectivity index (χ1v) is 3.87. The number of nitrogens with one attached hydrogen (secondary N) is 1. The van der Waals surface area contributed by atoms with Gasteiger partial charge < -0.3 is 0 Å². The first kappa shape index (κ1) is 9.46. The van der Waals surface area contributed by atoms with Crippen molar-refractivity contribution in [2.45, 2.75) is 18.3 Å². The number of carbonyl (C=O) groups excluding carboxylic acids is 1. The molecule has 0 heterocycles. The summed E-state index contributed by atoms with van der Waals surface area (Å²) in [6.45, 7) is 1.28. The van der Waals surface area contributed by atoms with Gasteiger partial charge in [-0.25, -0.2) is 0 Å². The molecule has 10 heavy (non-hydrogen) atoms. The second-order valence-corrected chi connectivity index (χ2v) is 2.46. The summed E-state index contributed by atoms with van der Waals surface area (Å²) in [6.07, 6.45) is 0. The van der Waals surface area contributed by atoms with Gasteiger partial charge in [-0.1, -0.05) is 0 Å². The first-order valence-electron chi connectivity index (χ1n) is 2.66. The van der Waals surface area contributed by atoms with Crippen molar-refractivity contribution in [2.75, 3.05) is 0 Å². The molecule has 2 N–H and O–H groups in total. The van der Waals surface area contributed by atoms with E-state index in [4.69, 9.17) is 5.11 Å². The van der Waals surface area contributed by atoms with Crippen molar-refractivity contribution in [1.82, 2.24) is 5.32 Å². The van der Waals surface area contributed by atoms with Crippen LogP contribution < -0.4 is 5.32 Å². The van der Waals surface area contributed by atoms with E-state index in [-0.39, 0.29) is 11.2 Å². The molecule has 1 amide bonds. The van der Waals surface area contributed by atoms with Gasteiger partial charge in [0.05, 0.1) is 0 Å². The second kappa shape index (κ2) is 4.30. The van der Waals surface area contributed by atoms with Crippen LogP contribution in [-0.2, 0) is 9.59 Å². The monoisotopic (exact) mass is 210 g/mol. The summed E-state index contributed by atoms with van der Waals surface area (Å²) in [5, 5.41) is 10.9. The van der Waals surface area contributed by atoms with Crippen LogP contribution in [0.15, 0.2) is 0 Å². The summed E-state index contributed by atoms with van der Waals surface area (Å²) < 4.78 is 0. The number of amides is 1. The fraction of sp³-hybridized carbons (Fsp3) is 0.600. The van der Waals surface area contributed by atoms with Gasteiger partial charge in [0, 0.05) is 0 Å². The molecular weight excluding hydrogens is 201 g/mol. The minimum atomic E-state index is -1.02. The molecule has 0 fully saturated rings. The Morgan fingerprint density at radius 3 is 2.30 bits per heavy atom. The van der Waals surface area contributed by atoms with Crippen molar-refractivity contribution >= 4 is 27.9 Å². The zero-order valence-corrected chi connectivity index (χ0v) is 7.17. The number of aliphatic carboxylic acids is 1. The van der Waals surface area contributed by atoms with Crippen LogP contribution in [0, 0.1) is 0 Å². The summed E-state index contributed by atoms with van der Waals surface area (Å²) >= 11 is 2.53. The van der Waals surface area contributed by atoms with E-state index in [0.29, 0.717) is 0 Å². The van der Waals surface area contributed by atoms with E-state index >= 15 is 0 Å². The number of carboxylic acids is 1. The number of hydrogen-bond donors (Lipinski definition) is 2. The van der Waals surface area contributed by atoms with Gasteiger partial charge in [-0.3, -0.25) is 0 Å². The van der Waals surface area contributed by atoms with Gasteiger partial charge >= 0.3 is 66.2 Å². The zero-order chi connectivity index (χ0) is 8.15. The van der Waals surface area contributed by atoms with Crippen molar-refractivity contribution in [3.05, 3.63) is 0 Å². The number of carboxylic acid groups (broad SMARTS) is 1. The third-order valence-electron chi connectivity index (χ3n) is 0.842. The van der Waals surface area contributed by atoms with Crippen LogP contribution >= 0.6 is 0 Å². The van der Waals surface area contributed by atoms with Crippen LogP contribution in [0.3, 0.4) is 0 Å². The maximum absolute atomic E-state index is 10.3. The van der Waals surface area contributed by atoms with Crippen LogP contribution in [-0.4, -0.2) is 39.0 Å². The third-order valence-corrected chi connectivity index (χ3v) is 1.54. The van der Waals surface area contributed by atoms with Crippen LogP contribution in [0.4, 0.5) is 0 Å².